The fourth-order valence-corrected chi connectivity index (χ4v) is 2.18. The molecule has 0 aliphatic carbocycles. The van der Waals surface area contributed by atoms with Crippen molar-refractivity contribution in [2.75, 3.05) is 0 Å². The van der Waals surface area contributed by atoms with E-state index in [-0.39, 0.29) is 30.4 Å². The Bertz CT molecular complexity index is 631. The molecule has 0 fully saturated rings. The molecule has 0 aromatic heterocycles. The third-order valence-electron chi connectivity index (χ3n) is 2.83. The lowest BCUT2D eigenvalue weighted by atomic mass is 10.1. The van der Waals surface area contributed by atoms with Crippen LogP contribution in [-0.4, -0.2) is 11.0 Å². The van der Waals surface area contributed by atoms with E-state index in [1.807, 2.05) is 0 Å². The number of nitrogens with one attached hydrogen (secondary N) is 1. The van der Waals surface area contributed by atoms with E-state index in [0.717, 1.165) is 4.47 Å². The number of hydrogen-bond donors (Lipinski definition) is 2. The number of para-hydroxylation sites is 1. The van der Waals surface area contributed by atoms with Crippen LogP contribution in [0.5, 0.6) is 5.75 Å². The number of benzene rings is 2. The molecule has 0 aliphatic rings. The molecule has 20 heavy (non-hydrogen) atoms. The van der Waals surface area contributed by atoms with Crippen LogP contribution in [-0.2, 0) is 17.8 Å². The molecule has 5 heteroatoms. The Hall–Kier alpha value is -1.88. The van der Waals surface area contributed by atoms with E-state index in [9.17, 15) is 14.3 Å². The van der Waals surface area contributed by atoms with Gasteiger partial charge in [-0.2, -0.15) is 0 Å². The summed E-state index contributed by atoms with van der Waals surface area (Å²) >= 11 is 3.25. The first-order valence-electron chi connectivity index (χ1n) is 6.04. The molecule has 104 valence electrons. The summed E-state index contributed by atoms with van der Waals surface area (Å²) in [5.74, 6) is -0.557. The van der Waals surface area contributed by atoms with Crippen LogP contribution in [0.25, 0.3) is 0 Å². The van der Waals surface area contributed by atoms with Gasteiger partial charge in [-0.3, -0.25) is 4.79 Å². The minimum atomic E-state index is -0.365. The number of aromatic hydroxyl groups is 1. The number of carbonyl (C=O) groups excluding carboxylic acids is 1. The van der Waals surface area contributed by atoms with Crippen LogP contribution in [0.15, 0.2) is 46.9 Å². The van der Waals surface area contributed by atoms with Crippen molar-refractivity contribution in [3.05, 3.63) is 63.9 Å². The zero-order chi connectivity index (χ0) is 14.5. The molecule has 0 unspecified atom stereocenters. The van der Waals surface area contributed by atoms with Crippen LogP contribution in [0.1, 0.15) is 11.1 Å². The molecule has 0 bridgehead atoms. The third kappa shape index (κ3) is 3.81. The van der Waals surface area contributed by atoms with E-state index in [4.69, 9.17) is 0 Å². The number of halogens is 2. The molecular weight excluding hydrogens is 325 g/mol. The summed E-state index contributed by atoms with van der Waals surface area (Å²) in [6.45, 7) is 0.109. The number of phenolic OH excluding ortho intramolecular Hbond substituents is 1. The Kier molecular flexibility index (Phi) is 4.74. The lowest BCUT2D eigenvalue weighted by Crippen LogP contribution is -2.25. The van der Waals surface area contributed by atoms with Gasteiger partial charge in [0.25, 0.3) is 0 Å². The fraction of sp³-hybridized carbons (Fsp3) is 0.133. The second-order valence-corrected chi connectivity index (χ2v) is 5.23. The zero-order valence-electron chi connectivity index (χ0n) is 10.6. The molecule has 0 saturated heterocycles. The van der Waals surface area contributed by atoms with Crippen molar-refractivity contribution in [3.63, 3.8) is 0 Å². The summed E-state index contributed by atoms with van der Waals surface area (Å²) in [4.78, 5) is 11.8. The molecule has 0 aliphatic heterocycles. The SMILES string of the molecule is O=C(Cc1ccccc1O)NCc1cc(Br)ccc1F. The highest BCUT2D eigenvalue weighted by Crippen LogP contribution is 2.17. The largest absolute Gasteiger partial charge is 0.508 e. The van der Waals surface area contributed by atoms with Crippen molar-refractivity contribution >= 4 is 21.8 Å². The molecule has 2 aromatic carbocycles. The minimum Gasteiger partial charge on any atom is -0.508 e. The van der Waals surface area contributed by atoms with Gasteiger partial charge in [0.2, 0.25) is 5.91 Å². The highest BCUT2D eigenvalue weighted by molar-refractivity contribution is 9.10. The first-order chi connectivity index (χ1) is 9.56. The minimum absolute atomic E-state index is 0.0578. The maximum absolute atomic E-state index is 13.5. The second kappa shape index (κ2) is 6.52. The molecule has 0 heterocycles. The van der Waals surface area contributed by atoms with Gasteiger partial charge in [-0.25, -0.2) is 4.39 Å². The molecule has 0 atom stereocenters. The normalized spacial score (nSPS) is 10.3. The van der Waals surface area contributed by atoms with Gasteiger partial charge in [-0.1, -0.05) is 34.1 Å². The summed E-state index contributed by atoms with van der Waals surface area (Å²) in [5.41, 5.74) is 0.949. The van der Waals surface area contributed by atoms with Crippen LogP contribution in [0.2, 0.25) is 0 Å². The highest BCUT2D eigenvalue weighted by Gasteiger charge is 2.08. The molecule has 0 radical (unpaired) electrons. The molecular formula is C15H13BrFNO2. The van der Waals surface area contributed by atoms with Gasteiger partial charge < -0.3 is 10.4 Å². The summed E-state index contributed by atoms with van der Waals surface area (Å²) in [6, 6.07) is 11.2. The molecule has 2 aromatic rings. The van der Waals surface area contributed by atoms with Crippen LogP contribution in [0.4, 0.5) is 4.39 Å². The van der Waals surface area contributed by atoms with Gasteiger partial charge >= 0.3 is 0 Å². The predicted octanol–water partition coefficient (Wildman–Crippen LogP) is 3.15. The molecule has 0 spiro atoms. The van der Waals surface area contributed by atoms with Crippen molar-refractivity contribution in [1.29, 1.82) is 0 Å². The first-order valence-corrected chi connectivity index (χ1v) is 6.83. The third-order valence-corrected chi connectivity index (χ3v) is 3.32. The van der Waals surface area contributed by atoms with Crippen LogP contribution >= 0.6 is 15.9 Å². The van der Waals surface area contributed by atoms with Gasteiger partial charge in [-0.05, 0) is 24.3 Å². The van der Waals surface area contributed by atoms with Crippen molar-refractivity contribution in [2.24, 2.45) is 0 Å². The van der Waals surface area contributed by atoms with Gasteiger partial charge in [0.1, 0.15) is 11.6 Å². The molecule has 0 saturated carbocycles. The highest BCUT2D eigenvalue weighted by atomic mass is 79.9. The standard InChI is InChI=1S/C15H13BrFNO2/c16-12-5-6-13(17)11(7-12)9-18-15(20)8-10-3-1-2-4-14(10)19/h1-7,19H,8-9H2,(H,18,20). The first kappa shape index (κ1) is 14.5. The Morgan fingerprint density at radius 1 is 1.20 bits per heavy atom. The Morgan fingerprint density at radius 3 is 2.70 bits per heavy atom. The van der Waals surface area contributed by atoms with Crippen LogP contribution in [0.3, 0.4) is 0 Å². The summed E-state index contributed by atoms with van der Waals surface area (Å²) in [7, 11) is 0. The number of rotatable bonds is 4. The predicted molar refractivity (Wildman–Crippen MR) is 77.8 cm³/mol. The van der Waals surface area contributed by atoms with E-state index in [2.05, 4.69) is 21.2 Å². The number of hydrogen-bond acceptors (Lipinski definition) is 2. The fourth-order valence-electron chi connectivity index (χ4n) is 1.77. The maximum Gasteiger partial charge on any atom is 0.224 e. The van der Waals surface area contributed by atoms with Gasteiger partial charge in [0, 0.05) is 22.1 Å². The quantitative estimate of drug-likeness (QED) is 0.900. The maximum atomic E-state index is 13.5. The number of phenols is 1. The molecule has 2 rings (SSSR count). The number of carbonyl (C=O) groups is 1. The Morgan fingerprint density at radius 2 is 1.95 bits per heavy atom. The molecule has 3 nitrogen and oxygen atoms in total. The zero-order valence-corrected chi connectivity index (χ0v) is 12.2. The lowest BCUT2D eigenvalue weighted by Gasteiger charge is -2.08. The van der Waals surface area contributed by atoms with Crippen molar-refractivity contribution in [3.8, 4) is 5.75 Å². The van der Waals surface area contributed by atoms with Gasteiger partial charge in [0.15, 0.2) is 0 Å². The van der Waals surface area contributed by atoms with E-state index in [1.165, 1.54) is 12.1 Å². The lowest BCUT2D eigenvalue weighted by molar-refractivity contribution is -0.120. The summed E-state index contributed by atoms with van der Waals surface area (Å²) in [6.07, 6.45) is 0.0578. The van der Waals surface area contributed by atoms with Crippen LogP contribution in [0, 0.1) is 5.82 Å². The summed E-state index contributed by atoms with van der Waals surface area (Å²) in [5, 5.41) is 12.2. The van der Waals surface area contributed by atoms with Crippen molar-refractivity contribution in [1.82, 2.24) is 5.32 Å². The van der Waals surface area contributed by atoms with E-state index < -0.39 is 0 Å². The topological polar surface area (TPSA) is 49.3 Å². The van der Waals surface area contributed by atoms with E-state index in [0.29, 0.717) is 11.1 Å². The van der Waals surface area contributed by atoms with Crippen LogP contribution < -0.4 is 5.32 Å². The Balaban J connectivity index is 1.96. The Labute approximate surface area is 124 Å². The number of amides is 1. The van der Waals surface area contributed by atoms with E-state index >= 15 is 0 Å². The van der Waals surface area contributed by atoms with Crippen molar-refractivity contribution in [2.45, 2.75) is 13.0 Å². The average Bonchev–Trinajstić information content (AvgIpc) is 2.42. The molecule has 2 N–H and O–H groups in total. The van der Waals surface area contributed by atoms with E-state index in [1.54, 1.807) is 30.3 Å². The van der Waals surface area contributed by atoms with Gasteiger partial charge in [-0.15, -0.1) is 0 Å². The average molecular weight is 338 g/mol. The monoisotopic (exact) mass is 337 g/mol. The molecule has 1 amide bonds. The second-order valence-electron chi connectivity index (χ2n) is 4.32. The smallest absolute Gasteiger partial charge is 0.224 e. The van der Waals surface area contributed by atoms with Gasteiger partial charge in [0.05, 0.1) is 6.42 Å². The summed E-state index contributed by atoms with van der Waals surface area (Å²) < 4.78 is 14.3. The van der Waals surface area contributed by atoms with Crippen molar-refractivity contribution < 1.29 is 14.3 Å².